The number of aromatic amines is 1. The summed E-state index contributed by atoms with van der Waals surface area (Å²) in [5.41, 5.74) is 2.23. The summed E-state index contributed by atoms with van der Waals surface area (Å²) in [6.07, 6.45) is 4.55. The highest BCUT2D eigenvalue weighted by Crippen LogP contribution is 2.22. The molecule has 0 unspecified atom stereocenters. The van der Waals surface area contributed by atoms with Crippen molar-refractivity contribution in [2.75, 3.05) is 13.2 Å². The normalized spacial score (nSPS) is 11.8. The number of H-pyrrole nitrogens is 1. The molecule has 1 heterocycles. The number of carbonyl (C=O) groups is 3. The van der Waals surface area contributed by atoms with Crippen molar-refractivity contribution in [3.8, 4) is 11.1 Å². The summed E-state index contributed by atoms with van der Waals surface area (Å²) in [4.78, 5) is 38.5. The van der Waals surface area contributed by atoms with Crippen molar-refractivity contribution in [2.45, 2.75) is 26.3 Å². The topological polar surface area (TPSA) is 100 Å². The fraction of sp³-hybridized carbons (Fsp3) is 0.286. The molecule has 1 atom stereocenters. The second-order valence-corrected chi connectivity index (χ2v) is 6.65. The lowest BCUT2D eigenvalue weighted by Crippen LogP contribution is -2.42. The molecule has 0 aliphatic rings. The van der Waals surface area contributed by atoms with Crippen LogP contribution in [0.2, 0.25) is 5.02 Å². The molecule has 0 bridgehead atoms. The Hall–Kier alpha value is -3.06. The van der Waals surface area contributed by atoms with Crippen LogP contribution in [-0.4, -0.2) is 42.0 Å². The summed E-state index contributed by atoms with van der Waals surface area (Å²) < 4.78 is 4.72. The zero-order chi connectivity index (χ0) is 21.2. The molecule has 0 aliphatic carbocycles. The van der Waals surface area contributed by atoms with Gasteiger partial charge in [0, 0.05) is 36.0 Å². The minimum atomic E-state index is -0.577. The van der Waals surface area contributed by atoms with Gasteiger partial charge in [0.15, 0.2) is 0 Å². The molecule has 154 valence electrons. The number of hydrogen-bond acceptors (Lipinski definition) is 4. The van der Waals surface area contributed by atoms with Crippen LogP contribution >= 0.6 is 11.6 Å². The molecule has 0 saturated carbocycles. The van der Waals surface area contributed by atoms with Gasteiger partial charge in [0.1, 0.15) is 5.69 Å². The molecule has 0 spiro atoms. The maximum Gasteiger partial charge on any atom is 0.330 e. The first-order chi connectivity index (χ1) is 13.9. The van der Waals surface area contributed by atoms with E-state index in [-0.39, 0.29) is 25.1 Å². The fourth-order valence-corrected chi connectivity index (χ4v) is 2.65. The molecular weight excluding hydrogens is 394 g/mol. The first-order valence-electron chi connectivity index (χ1n) is 9.30. The maximum atomic E-state index is 12.4. The van der Waals surface area contributed by atoms with Gasteiger partial charge in [0.25, 0.3) is 5.91 Å². The summed E-state index contributed by atoms with van der Waals surface area (Å²) in [5, 5.41) is 6.17. The number of hydrogen-bond donors (Lipinski definition) is 3. The van der Waals surface area contributed by atoms with Crippen LogP contribution in [0.4, 0.5) is 0 Å². The molecule has 8 heteroatoms. The van der Waals surface area contributed by atoms with Crippen molar-refractivity contribution >= 4 is 29.4 Å². The van der Waals surface area contributed by atoms with E-state index in [0.717, 1.165) is 23.3 Å². The average molecular weight is 418 g/mol. The van der Waals surface area contributed by atoms with Crippen LogP contribution < -0.4 is 10.6 Å². The summed E-state index contributed by atoms with van der Waals surface area (Å²) in [6.45, 7) is 4.07. The maximum absolute atomic E-state index is 12.4. The lowest BCUT2D eigenvalue weighted by atomic mass is 10.1. The lowest BCUT2D eigenvalue weighted by Gasteiger charge is -2.16. The van der Waals surface area contributed by atoms with E-state index in [1.54, 1.807) is 31.3 Å². The van der Waals surface area contributed by atoms with Gasteiger partial charge in [-0.1, -0.05) is 30.7 Å². The van der Waals surface area contributed by atoms with E-state index < -0.39 is 11.9 Å². The Balaban J connectivity index is 1.87. The Bertz CT molecular complexity index is 874. The van der Waals surface area contributed by atoms with Gasteiger partial charge in [-0.15, -0.1) is 0 Å². The molecule has 0 saturated heterocycles. The Kier molecular flexibility index (Phi) is 8.48. The molecule has 2 amide bonds. The molecule has 2 rings (SSSR count). The first kappa shape index (κ1) is 22.2. The summed E-state index contributed by atoms with van der Waals surface area (Å²) in [5.74, 6) is -1.28. The SMILES string of the molecule is CCOC(=O)/C=C/C(=O)N[C@H](CC)CNC(=O)c1cc(-c2ccc(Cl)cc2)c[nH]1. The number of ether oxygens (including phenoxy) is 1. The van der Waals surface area contributed by atoms with E-state index in [1.165, 1.54) is 0 Å². The van der Waals surface area contributed by atoms with E-state index in [9.17, 15) is 14.4 Å². The van der Waals surface area contributed by atoms with E-state index in [2.05, 4.69) is 15.6 Å². The van der Waals surface area contributed by atoms with Crippen LogP contribution in [0.1, 0.15) is 30.8 Å². The Morgan fingerprint density at radius 3 is 2.52 bits per heavy atom. The largest absolute Gasteiger partial charge is 0.463 e. The van der Waals surface area contributed by atoms with Crippen LogP contribution in [0.3, 0.4) is 0 Å². The summed E-state index contributed by atoms with van der Waals surface area (Å²) in [6, 6.07) is 8.80. The Morgan fingerprint density at radius 1 is 1.14 bits per heavy atom. The van der Waals surface area contributed by atoms with E-state index in [4.69, 9.17) is 16.3 Å². The molecule has 0 radical (unpaired) electrons. The Labute approximate surface area is 174 Å². The molecule has 1 aromatic heterocycles. The minimum Gasteiger partial charge on any atom is -0.463 e. The van der Waals surface area contributed by atoms with E-state index >= 15 is 0 Å². The molecule has 1 aromatic carbocycles. The summed E-state index contributed by atoms with van der Waals surface area (Å²) >= 11 is 5.90. The first-order valence-corrected chi connectivity index (χ1v) is 9.68. The van der Waals surface area contributed by atoms with E-state index in [1.807, 2.05) is 19.1 Å². The van der Waals surface area contributed by atoms with Gasteiger partial charge in [-0.05, 0) is 42.7 Å². The zero-order valence-corrected chi connectivity index (χ0v) is 17.1. The number of nitrogens with one attached hydrogen (secondary N) is 3. The van der Waals surface area contributed by atoms with Gasteiger partial charge in [-0.3, -0.25) is 9.59 Å². The van der Waals surface area contributed by atoms with Gasteiger partial charge in [-0.25, -0.2) is 4.79 Å². The molecular formula is C21H24ClN3O4. The van der Waals surface area contributed by atoms with Crippen molar-refractivity contribution in [3.05, 3.63) is 59.4 Å². The predicted octanol–water partition coefficient (Wildman–Crippen LogP) is 3.08. The highest BCUT2D eigenvalue weighted by Gasteiger charge is 2.13. The zero-order valence-electron chi connectivity index (χ0n) is 16.3. The summed E-state index contributed by atoms with van der Waals surface area (Å²) in [7, 11) is 0. The van der Waals surface area contributed by atoms with Crippen LogP contribution in [0.25, 0.3) is 11.1 Å². The van der Waals surface area contributed by atoms with Gasteiger partial charge >= 0.3 is 5.97 Å². The second kappa shape index (κ2) is 11.1. The van der Waals surface area contributed by atoms with Crippen LogP contribution in [-0.2, 0) is 14.3 Å². The predicted molar refractivity (Wildman–Crippen MR) is 112 cm³/mol. The van der Waals surface area contributed by atoms with Crippen molar-refractivity contribution in [1.29, 1.82) is 0 Å². The number of rotatable bonds is 9. The highest BCUT2D eigenvalue weighted by molar-refractivity contribution is 6.30. The van der Waals surface area contributed by atoms with Crippen LogP contribution in [0.15, 0.2) is 48.7 Å². The number of benzene rings is 1. The molecule has 0 aliphatic heterocycles. The quantitative estimate of drug-likeness (QED) is 0.431. The van der Waals surface area contributed by atoms with Gasteiger partial charge in [-0.2, -0.15) is 0 Å². The van der Waals surface area contributed by atoms with Crippen molar-refractivity contribution in [3.63, 3.8) is 0 Å². The van der Waals surface area contributed by atoms with Gasteiger partial charge in [0.05, 0.1) is 6.61 Å². The number of halogens is 1. The lowest BCUT2D eigenvalue weighted by molar-refractivity contribution is -0.137. The smallest absolute Gasteiger partial charge is 0.330 e. The van der Waals surface area contributed by atoms with Crippen molar-refractivity contribution in [1.82, 2.24) is 15.6 Å². The number of aromatic nitrogens is 1. The minimum absolute atomic E-state index is 0.243. The number of carbonyl (C=O) groups excluding carboxylic acids is 3. The third-order valence-electron chi connectivity index (χ3n) is 4.11. The molecule has 2 aromatic rings. The third kappa shape index (κ3) is 7.12. The van der Waals surface area contributed by atoms with Gasteiger partial charge < -0.3 is 20.4 Å². The average Bonchev–Trinajstić information content (AvgIpc) is 3.20. The second-order valence-electron chi connectivity index (χ2n) is 6.22. The third-order valence-corrected chi connectivity index (χ3v) is 4.36. The standard InChI is InChI=1S/C21H24ClN3O4/c1-3-17(25-19(26)9-10-20(27)29-4-2)13-24-21(28)18-11-15(12-23-18)14-5-7-16(22)8-6-14/h5-12,17,23H,3-4,13H2,1-2H3,(H,24,28)(H,25,26)/b10-9+/t17-/m1/s1. The van der Waals surface area contributed by atoms with E-state index in [0.29, 0.717) is 17.1 Å². The van der Waals surface area contributed by atoms with Gasteiger partial charge in [0.2, 0.25) is 5.91 Å². The van der Waals surface area contributed by atoms with Crippen molar-refractivity contribution in [2.24, 2.45) is 0 Å². The monoisotopic (exact) mass is 417 g/mol. The van der Waals surface area contributed by atoms with Crippen LogP contribution in [0.5, 0.6) is 0 Å². The fourth-order valence-electron chi connectivity index (χ4n) is 2.53. The molecule has 29 heavy (non-hydrogen) atoms. The highest BCUT2D eigenvalue weighted by atomic mass is 35.5. The molecule has 3 N–H and O–H groups in total. The van der Waals surface area contributed by atoms with Crippen molar-refractivity contribution < 1.29 is 19.1 Å². The van der Waals surface area contributed by atoms with Crippen LogP contribution in [0, 0.1) is 0 Å². The number of amides is 2. The molecule has 0 fully saturated rings. The molecule has 7 nitrogen and oxygen atoms in total. The number of esters is 1. The Morgan fingerprint density at radius 2 is 1.86 bits per heavy atom.